The maximum Gasteiger partial charge on any atom is 0.0331 e. The van der Waals surface area contributed by atoms with Crippen LogP contribution in [0.1, 0.15) is 45.4 Å². The van der Waals surface area contributed by atoms with Crippen molar-refractivity contribution in [2.45, 2.75) is 51.0 Å². The van der Waals surface area contributed by atoms with Gasteiger partial charge >= 0.3 is 0 Å². The fraction of sp³-hybridized carbons (Fsp3) is 1.00. The summed E-state index contributed by atoms with van der Waals surface area (Å²) in [5.41, 5.74) is 6.42. The average Bonchev–Trinajstić information content (AvgIpc) is 3.05. The van der Waals surface area contributed by atoms with Crippen LogP contribution in [0.2, 0.25) is 0 Å². The first kappa shape index (κ1) is 14.3. The summed E-state index contributed by atoms with van der Waals surface area (Å²) in [5.74, 6) is 0.905. The van der Waals surface area contributed by atoms with Gasteiger partial charge in [-0.2, -0.15) is 0 Å². The Hall–Kier alpha value is -0.120. The molecule has 2 N–H and O–H groups in total. The first-order valence-corrected chi connectivity index (χ1v) is 7.84. The molecule has 1 heterocycles. The van der Waals surface area contributed by atoms with Crippen molar-refractivity contribution in [3.63, 3.8) is 0 Å². The van der Waals surface area contributed by atoms with Crippen LogP contribution in [0.15, 0.2) is 0 Å². The molecule has 106 valence electrons. The molecule has 1 saturated carbocycles. The Kier molecular flexibility index (Phi) is 5.05. The fourth-order valence-corrected chi connectivity index (χ4v) is 3.79. The molecular formula is C15H31N3. The quantitative estimate of drug-likeness (QED) is 0.785. The van der Waals surface area contributed by atoms with Gasteiger partial charge < -0.3 is 10.6 Å². The number of nitrogens with zero attached hydrogens (tertiary/aromatic N) is 2. The van der Waals surface area contributed by atoms with Gasteiger partial charge in [-0.05, 0) is 58.2 Å². The van der Waals surface area contributed by atoms with E-state index in [1.165, 1.54) is 64.7 Å². The first-order chi connectivity index (χ1) is 8.70. The average molecular weight is 253 g/mol. The largest absolute Gasteiger partial charge is 0.329 e. The highest BCUT2D eigenvalue weighted by Gasteiger charge is 2.40. The summed E-state index contributed by atoms with van der Waals surface area (Å²) in [6, 6.07) is 0. The van der Waals surface area contributed by atoms with Crippen molar-refractivity contribution >= 4 is 0 Å². The number of hydrogen-bond acceptors (Lipinski definition) is 3. The predicted molar refractivity (Wildman–Crippen MR) is 77.7 cm³/mol. The van der Waals surface area contributed by atoms with E-state index in [2.05, 4.69) is 23.8 Å². The van der Waals surface area contributed by atoms with E-state index >= 15 is 0 Å². The van der Waals surface area contributed by atoms with Crippen molar-refractivity contribution in [2.75, 3.05) is 39.8 Å². The Balaban J connectivity index is 1.83. The second-order valence-electron chi connectivity index (χ2n) is 6.42. The Bertz CT molecular complexity index is 250. The van der Waals surface area contributed by atoms with Crippen molar-refractivity contribution in [3.05, 3.63) is 0 Å². The lowest BCUT2D eigenvalue weighted by Gasteiger charge is -2.39. The molecule has 2 unspecified atom stereocenters. The third-order valence-electron chi connectivity index (χ3n) is 5.40. The van der Waals surface area contributed by atoms with Crippen molar-refractivity contribution in [2.24, 2.45) is 11.7 Å². The number of hydrogen-bond donors (Lipinski definition) is 1. The molecule has 1 saturated heterocycles. The van der Waals surface area contributed by atoms with Crippen LogP contribution in [-0.4, -0.2) is 55.1 Å². The molecule has 2 atom stereocenters. The van der Waals surface area contributed by atoms with Gasteiger partial charge in [-0.3, -0.25) is 4.90 Å². The molecule has 3 nitrogen and oxygen atoms in total. The molecular weight excluding hydrogens is 222 g/mol. The Morgan fingerprint density at radius 3 is 2.61 bits per heavy atom. The molecule has 1 aliphatic carbocycles. The van der Waals surface area contributed by atoms with E-state index in [0.717, 1.165) is 12.5 Å². The van der Waals surface area contributed by atoms with E-state index in [0.29, 0.717) is 5.54 Å². The number of rotatable bonds is 6. The minimum Gasteiger partial charge on any atom is -0.329 e. The van der Waals surface area contributed by atoms with Crippen LogP contribution in [-0.2, 0) is 0 Å². The minimum atomic E-state index is 0.306. The second-order valence-corrected chi connectivity index (χ2v) is 6.42. The molecule has 0 aromatic carbocycles. The van der Waals surface area contributed by atoms with E-state index in [1.54, 1.807) is 0 Å². The van der Waals surface area contributed by atoms with Crippen molar-refractivity contribution in [1.29, 1.82) is 0 Å². The lowest BCUT2D eigenvalue weighted by Crippen LogP contribution is -2.52. The summed E-state index contributed by atoms with van der Waals surface area (Å²) < 4.78 is 0. The molecule has 0 radical (unpaired) electrons. The zero-order chi connectivity index (χ0) is 13.0. The Morgan fingerprint density at radius 2 is 2.06 bits per heavy atom. The standard InChI is InChI=1S/C15H31N3/c1-3-14-6-7-15(12-14,13-16)17(2)10-11-18-8-4-5-9-18/h14H,3-13,16H2,1-2H3. The smallest absolute Gasteiger partial charge is 0.0331 e. The maximum absolute atomic E-state index is 6.12. The summed E-state index contributed by atoms with van der Waals surface area (Å²) in [7, 11) is 2.29. The van der Waals surface area contributed by atoms with Crippen molar-refractivity contribution < 1.29 is 0 Å². The molecule has 2 rings (SSSR count). The van der Waals surface area contributed by atoms with Gasteiger partial charge in [0.1, 0.15) is 0 Å². The Morgan fingerprint density at radius 1 is 1.33 bits per heavy atom. The normalized spacial score (nSPS) is 33.7. The van der Waals surface area contributed by atoms with Crippen molar-refractivity contribution in [1.82, 2.24) is 9.80 Å². The number of likely N-dealkylation sites (N-methyl/N-ethyl adjacent to an activating group) is 1. The predicted octanol–water partition coefficient (Wildman–Crippen LogP) is 1.92. The van der Waals surface area contributed by atoms with Crippen molar-refractivity contribution in [3.8, 4) is 0 Å². The third kappa shape index (κ3) is 3.06. The van der Waals surface area contributed by atoms with E-state index in [9.17, 15) is 0 Å². The number of nitrogens with two attached hydrogens (primary N) is 1. The van der Waals surface area contributed by atoms with Gasteiger partial charge in [-0.15, -0.1) is 0 Å². The highest BCUT2D eigenvalue weighted by molar-refractivity contribution is 4.97. The van der Waals surface area contributed by atoms with Crippen LogP contribution >= 0.6 is 0 Å². The lowest BCUT2D eigenvalue weighted by molar-refractivity contribution is 0.113. The zero-order valence-corrected chi connectivity index (χ0v) is 12.3. The lowest BCUT2D eigenvalue weighted by atomic mass is 9.93. The molecule has 2 fully saturated rings. The van der Waals surface area contributed by atoms with Crippen LogP contribution in [0.25, 0.3) is 0 Å². The molecule has 0 aromatic rings. The van der Waals surface area contributed by atoms with Crippen LogP contribution < -0.4 is 5.73 Å². The highest BCUT2D eigenvalue weighted by atomic mass is 15.2. The van der Waals surface area contributed by atoms with Crippen LogP contribution in [0.4, 0.5) is 0 Å². The maximum atomic E-state index is 6.12. The van der Waals surface area contributed by atoms with Gasteiger partial charge in [0.25, 0.3) is 0 Å². The van der Waals surface area contributed by atoms with Crippen LogP contribution in [0, 0.1) is 5.92 Å². The summed E-state index contributed by atoms with van der Waals surface area (Å²) in [5, 5.41) is 0. The first-order valence-electron chi connectivity index (χ1n) is 7.84. The van der Waals surface area contributed by atoms with Gasteiger partial charge in [0.05, 0.1) is 0 Å². The molecule has 0 amide bonds. The van der Waals surface area contributed by atoms with Crippen LogP contribution in [0.5, 0.6) is 0 Å². The topological polar surface area (TPSA) is 32.5 Å². The highest BCUT2D eigenvalue weighted by Crippen LogP contribution is 2.39. The zero-order valence-electron chi connectivity index (χ0n) is 12.3. The van der Waals surface area contributed by atoms with E-state index < -0.39 is 0 Å². The minimum absolute atomic E-state index is 0.306. The van der Waals surface area contributed by atoms with E-state index in [1.807, 2.05) is 0 Å². The van der Waals surface area contributed by atoms with Gasteiger partial charge in [-0.1, -0.05) is 13.3 Å². The summed E-state index contributed by atoms with van der Waals surface area (Å²) in [6.45, 7) is 8.19. The second kappa shape index (κ2) is 6.36. The molecule has 0 bridgehead atoms. The Labute approximate surface area is 113 Å². The third-order valence-corrected chi connectivity index (χ3v) is 5.40. The van der Waals surface area contributed by atoms with E-state index in [4.69, 9.17) is 5.73 Å². The van der Waals surface area contributed by atoms with Crippen LogP contribution in [0.3, 0.4) is 0 Å². The molecule has 3 heteroatoms. The molecule has 0 spiro atoms. The summed E-state index contributed by atoms with van der Waals surface area (Å²) >= 11 is 0. The SMILES string of the molecule is CCC1CCC(CN)(N(C)CCN2CCCC2)C1. The molecule has 1 aliphatic heterocycles. The monoisotopic (exact) mass is 253 g/mol. The van der Waals surface area contributed by atoms with Gasteiger partial charge in [-0.25, -0.2) is 0 Å². The van der Waals surface area contributed by atoms with E-state index in [-0.39, 0.29) is 0 Å². The fourth-order valence-electron chi connectivity index (χ4n) is 3.79. The van der Waals surface area contributed by atoms with Gasteiger partial charge in [0.2, 0.25) is 0 Å². The summed E-state index contributed by atoms with van der Waals surface area (Å²) in [4.78, 5) is 5.17. The van der Waals surface area contributed by atoms with Gasteiger partial charge in [0, 0.05) is 25.2 Å². The summed E-state index contributed by atoms with van der Waals surface area (Å²) in [6.07, 6.45) is 8.10. The van der Waals surface area contributed by atoms with Gasteiger partial charge in [0.15, 0.2) is 0 Å². The molecule has 18 heavy (non-hydrogen) atoms. The number of likely N-dealkylation sites (tertiary alicyclic amines) is 1. The molecule has 0 aromatic heterocycles. The molecule has 2 aliphatic rings.